The molecule has 2 rings (SSSR count). The van der Waals surface area contributed by atoms with Crippen LogP contribution in [-0.2, 0) is 9.05 Å². The first-order chi connectivity index (χ1) is 9.66. The van der Waals surface area contributed by atoms with E-state index in [0.717, 1.165) is 19.3 Å². The molecule has 0 aliphatic heterocycles. The number of hydrogen-bond acceptors (Lipinski definition) is 4. The van der Waals surface area contributed by atoms with E-state index in [1.165, 1.54) is 19.2 Å². The molecule has 5 nitrogen and oxygen atoms in total. The number of nitrogens with one attached hydrogen (secondary N) is 1. The van der Waals surface area contributed by atoms with Gasteiger partial charge in [-0.25, -0.2) is 8.42 Å². The number of ether oxygens (including phenoxy) is 1. The number of amides is 1. The van der Waals surface area contributed by atoms with Gasteiger partial charge in [-0.05, 0) is 54.2 Å². The molecule has 1 saturated carbocycles. The zero-order chi connectivity index (χ0) is 15.8. The molecule has 21 heavy (non-hydrogen) atoms. The van der Waals surface area contributed by atoms with Gasteiger partial charge in [-0.15, -0.1) is 0 Å². The number of rotatable bonds is 4. The van der Waals surface area contributed by atoms with Crippen molar-refractivity contribution in [3.8, 4) is 5.75 Å². The molecule has 8 heteroatoms. The minimum Gasteiger partial charge on any atom is -0.494 e. The molecule has 0 bridgehead atoms. The monoisotopic (exact) mass is 395 g/mol. The van der Waals surface area contributed by atoms with Crippen molar-refractivity contribution in [2.24, 2.45) is 0 Å². The zero-order valence-corrected chi connectivity index (χ0v) is 14.7. The summed E-state index contributed by atoms with van der Waals surface area (Å²) in [5, 5.41) is 2.91. The van der Waals surface area contributed by atoms with Crippen molar-refractivity contribution in [1.82, 2.24) is 5.32 Å². The Kier molecular flexibility index (Phi) is 4.56. The van der Waals surface area contributed by atoms with Crippen LogP contribution < -0.4 is 10.1 Å². The molecule has 0 unspecified atom stereocenters. The van der Waals surface area contributed by atoms with Crippen molar-refractivity contribution in [3.63, 3.8) is 0 Å². The summed E-state index contributed by atoms with van der Waals surface area (Å²) in [5.74, 6) is -0.251. The quantitative estimate of drug-likeness (QED) is 0.794. The van der Waals surface area contributed by atoms with Gasteiger partial charge < -0.3 is 10.1 Å². The summed E-state index contributed by atoms with van der Waals surface area (Å²) in [5.41, 5.74) is -0.00114. The molecule has 1 aliphatic carbocycles. The largest absolute Gasteiger partial charge is 0.494 e. The summed E-state index contributed by atoms with van der Waals surface area (Å²) in [7, 11) is 2.71. The Morgan fingerprint density at radius 3 is 2.48 bits per heavy atom. The van der Waals surface area contributed by atoms with E-state index in [0.29, 0.717) is 4.47 Å². The summed E-state index contributed by atoms with van der Waals surface area (Å²) in [6.45, 7) is 1.96. The summed E-state index contributed by atoms with van der Waals surface area (Å²) >= 11 is 3.20. The lowest BCUT2D eigenvalue weighted by Crippen LogP contribution is -2.50. The van der Waals surface area contributed by atoms with Gasteiger partial charge in [0, 0.05) is 21.8 Å². The van der Waals surface area contributed by atoms with Crippen LogP contribution >= 0.6 is 26.6 Å². The molecule has 1 aromatic rings. The Labute approximate surface area is 136 Å². The van der Waals surface area contributed by atoms with Crippen LogP contribution in [0.2, 0.25) is 0 Å². The second-order valence-electron chi connectivity index (χ2n) is 5.30. The molecule has 0 aromatic heterocycles. The predicted molar refractivity (Wildman–Crippen MR) is 83.5 cm³/mol. The van der Waals surface area contributed by atoms with Crippen LogP contribution in [0.25, 0.3) is 0 Å². The minimum atomic E-state index is -4.02. The fourth-order valence-corrected chi connectivity index (χ4v) is 4.04. The van der Waals surface area contributed by atoms with E-state index in [1.807, 2.05) is 6.92 Å². The van der Waals surface area contributed by atoms with Gasteiger partial charge in [-0.3, -0.25) is 4.79 Å². The zero-order valence-electron chi connectivity index (χ0n) is 11.6. The van der Waals surface area contributed by atoms with Crippen LogP contribution in [0.4, 0.5) is 0 Å². The SMILES string of the molecule is COc1c(Br)cc(C(=O)NC2(C)CCC2)cc1S(=O)(=O)Cl. The van der Waals surface area contributed by atoms with Crippen LogP contribution in [0.1, 0.15) is 36.5 Å². The van der Waals surface area contributed by atoms with Crippen molar-refractivity contribution in [2.45, 2.75) is 36.6 Å². The fourth-order valence-electron chi connectivity index (χ4n) is 2.26. The van der Waals surface area contributed by atoms with E-state index in [2.05, 4.69) is 21.2 Å². The Morgan fingerprint density at radius 2 is 2.05 bits per heavy atom. The molecule has 0 atom stereocenters. The van der Waals surface area contributed by atoms with E-state index in [-0.39, 0.29) is 27.7 Å². The second-order valence-corrected chi connectivity index (χ2v) is 8.68. The van der Waals surface area contributed by atoms with Gasteiger partial charge in [-0.1, -0.05) is 0 Å². The molecule has 1 amide bonds. The molecule has 0 heterocycles. The number of methoxy groups -OCH3 is 1. The van der Waals surface area contributed by atoms with Gasteiger partial charge in [0.05, 0.1) is 11.6 Å². The maximum atomic E-state index is 12.3. The third-order valence-electron chi connectivity index (χ3n) is 3.61. The lowest BCUT2D eigenvalue weighted by atomic mass is 9.78. The average Bonchev–Trinajstić information content (AvgIpc) is 2.34. The first-order valence-corrected chi connectivity index (χ1v) is 9.41. The Morgan fingerprint density at radius 1 is 1.43 bits per heavy atom. The number of carbonyl (C=O) groups is 1. The van der Waals surface area contributed by atoms with Crippen LogP contribution in [-0.4, -0.2) is 27.0 Å². The van der Waals surface area contributed by atoms with Gasteiger partial charge in [0.1, 0.15) is 4.90 Å². The van der Waals surface area contributed by atoms with E-state index >= 15 is 0 Å². The number of benzene rings is 1. The smallest absolute Gasteiger partial charge is 0.265 e. The first kappa shape index (κ1) is 16.6. The van der Waals surface area contributed by atoms with Crippen LogP contribution in [0.5, 0.6) is 5.75 Å². The molecule has 116 valence electrons. The predicted octanol–water partition coefficient (Wildman–Crippen LogP) is 3.06. The van der Waals surface area contributed by atoms with Crippen LogP contribution in [0.3, 0.4) is 0 Å². The summed E-state index contributed by atoms with van der Waals surface area (Å²) < 4.78 is 28.6. The van der Waals surface area contributed by atoms with Gasteiger partial charge in [-0.2, -0.15) is 0 Å². The van der Waals surface area contributed by atoms with Gasteiger partial charge in [0.2, 0.25) is 0 Å². The average molecular weight is 397 g/mol. The molecule has 0 radical (unpaired) electrons. The van der Waals surface area contributed by atoms with E-state index in [9.17, 15) is 13.2 Å². The fraction of sp³-hybridized carbons (Fsp3) is 0.462. The van der Waals surface area contributed by atoms with Crippen LogP contribution in [0.15, 0.2) is 21.5 Å². The Bertz CT molecular complexity index is 686. The topological polar surface area (TPSA) is 72.5 Å². The highest BCUT2D eigenvalue weighted by Crippen LogP contribution is 2.36. The maximum Gasteiger partial charge on any atom is 0.265 e. The number of hydrogen-bond donors (Lipinski definition) is 1. The second kappa shape index (κ2) is 5.78. The highest BCUT2D eigenvalue weighted by atomic mass is 79.9. The van der Waals surface area contributed by atoms with Crippen molar-refractivity contribution >= 4 is 41.6 Å². The van der Waals surface area contributed by atoms with Gasteiger partial charge in [0.15, 0.2) is 5.75 Å². The third kappa shape index (κ3) is 3.52. The normalized spacial score (nSPS) is 17.0. The minimum absolute atomic E-state index is 0.0800. The van der Waals surface area contributed by atoms with E-state index in [1.54, 1.807) is 0 Å². The molecule has 1 aromatic carbocycles. The Hall–Kier alpha value is -0.790. The van der Waals surface area contributed by atoms with Crippen molar-refractivity contribution in [2.75, 3.05) is 7.11 Å². The molecule has 0 spiro atoms. The van der Waals surface area contributed by atoms with E-state index < -0.39 is 9.05 Å². The first-order valence-electron chi connectivity index (χ1n) is 6.31. The third-order valence-corrected chi connectivity index (χ3v) is 5.53. The summed E-state index contributed by atoms with van der Waals surface area (Å²) in [6.07, 6.45) is 2.90. The lowest BCUT2D eigenvalue weighted by molar-refractivity contribution is 0.0850. The van der Waals surface area contributed by atoms with Crippen molar-refractivity contribution in [1.29, 1.82) is 0 Å². The molecular weight excluding hydrogens is 382 g/mol. The van der Waals surface area contributed by atoms with Gasteiger partial charge >= 0.3 is 0 Å². The highest BCUT2D eigenvalue weighted by molar-refractivity contribution is 9.10. The summed E-state index contributed by atoms with van der Waals surface area (Å²) in [4.78, 5) is 12.0. The number of halogens is 2. The molecule has 1 aliphatic rings. The standard InChI is InChI=1S/C13H15BrClNO4S/c1-13(4-3-5-13)16-12(17)8-6-9(14)11(20-2)10(7-8)21(15,18)19/h6-7H,3-5H2,1-2H3,(H,16,17). The van der Waals surface area contributed by atoms with Gasteiger partial charge in [0.25, 0.3) is 15.0 Å². The van der Waals surface area contributed by atoms with E-state index in [4.69, 9.17) is 15.4 Å². The summed E-state index contributed by atoms with van der Waals surface area (Å²) in [6, 6.07) is 2.74. The maximum absolute atomic E-state index is 12.3. The van der Waals surface area contributed by atoms with Crippen LogP contribution in [0, 0.1) is 0 Å². The Balaban J connectivity index is 2.41. The van der Waals surface area contributed by atoms with Crippen molar-refractivity contribution in [3.05, 3.63) is 22.2 Å². The number of carbonyl (C=O) groups excluding carboxylic acids is 1. The molecule has 1 N–H and O–H groups in total. The molecule has 1 fully saturated rings. The highest BCUT2D eigenvalue weighted by Gasteiger charge is 2.34. The molecular formula is C13H15BrClNO4S. The molecule has 0 saturated heterocycles. The lowest BCUT2D eigenvalue weighted by Gasteiger charge is -2.39. The van der Waals surface area contributed by atoms with Crippen molar-refractivity contribution < 1.29 is 17.9 Å².